The summed E-state index contributed by atoms with van der Waals surface area (Å²) in [4.78, 5) is 0. The number of hydrogen-bond donors (Lipinski definition) is 0. The Balaban J connectivity index is 1.81. The highest BCUT2D eigenvalue weighted by Crippen LogP contribution is 2.37. The monoisotopic (exact) mass is 199 g/mol. The molecule has 0 N–H and O–H groups in total. The first-order chi connectivity index (χ1) is 6.27. The summed E-state index contributed by atoms with van der Waals surface area (Å²) in [5.41, 5.74) is 1.17. The molecule has 0 aromatic carbocycles. The topological polar surface area (TPSA) is 30.7 Å². The molecule has 0 aliphatic heterocycles. The zero-order chi connectivity index (χ0) is 9.26. The lowest BCUT2D eigenvalue weighted by molar-refractivity contribution is 0.625. The van der Waals surface area contributed by atoms with Gasteiger partial charge in [0.15, 0.2) is 0 Å². The second-order valence-electron chi connectivity index (χ2n) is 3.74. The van der Waals surface area contributed by atoms with Crippen LogP contribution in [0, 0.1) is 5.92 Å². The van der Waals surface area contributed by atoms with Crippen LogP contribution < -0.4 is 0 Å². The minimum atomic E-state index is 0.356. The number of halogens is 1. The SMILES string of the molecule is Cn1nncc1CCC(Cl)C1CC1. The Hall–Kier alpha value is -0.570. The Morgan fingerprint density at radius 3 is 3.00 bits per heavy atom. The first-order valence-corrected chi connectivity index (χ1v) is 5.18. The molecule has 0 bridgehead atoms. The van der Waals surface area contributed by atoms with Crippen molar-refractivity contribution in [1.29, 1.82) is 0 Å². The summed E-state index contributed by atoms with van der Waals surface area (Å²) in [5.74, 6) is 0.780. The molecule has 0 amide bonds. The van der Waals surface area contributed by atoms with E-state index in [4.69, 9.17) is 11.6 Å². The van der Waals surface area contributed by atoms with Crippen LogP contribution in [0.1, 0.15) is 25.0 Å². The molecule has 1 atom stereocenters. The second kappa shape index (κ2) is 3.66. The zero-order valence-corrected chi connectivity index (χ0v) is 8.54. The molecule has 1 aliphatic rings. The Labute approximate surface area is 83.1 Å². The average Bonchev–Trinajstić information content (AvgIpc) is 2.88. The maximum absolute atomic E-state index is 6.20. The van der Waals surface area contributed by atoms with Crippen LogP contribution >= 0.6 is 11.6 Å². The molecule has 4 heteroatoms. The van der Waals surface area contributed by atoms with Gasteiger partial charge in [0.1, 0.15) is 0 Å². The van der Waals surface area contributed by atoms with Crippen LogP contribution in [-0.4, -0.2) is 20.4 Å². The summed E-state index contributed by atoms with van der Waals surface area (Å²) in [5, 5.41) is 8.07. The van der Waals surface area contributed by atoms with Crippen LogP contribution in [0.2, 0.25) is 0 Å². The summed E-state index contributed by atoms with van der Waals surface area (Å²) in [7, 11) is 1.92. The second-order valence-corrected chi connectivity index (χ2v) is 4.30. The van der Waals surface area contributed by atoms with Gasteiger partial charge in [0, 0.05) is 12.4 Å². The van der Waals surface area contributed by atoms with Crippen LogP contribution in [0.3, 0.4) is 0 Å². The van der Waals surface area contributed by atoms with E-state index in [1.807, 2.05) is 17.9 Å². The van der Waals surface area contributed by atoms with Gasteiger partial charge in [0.05, 0.1) is 11.9 Å². The minimum Gasteiger partial charge on any atom is -0.252 e. The van der Waals surface area contributed by atoms with Crippen LogP contribution in [0.25, 0.3) is 0 Å². The van der Waals surface area contributed by atoms with Crippen LogP contribution in [-0.2, 0) is 13.5 Å². The Kier molecular flexibility index (Phi) is 2.54. The molecule has 72 valence electrons. The number of hydrogen-bond acceptors (Lipinski definition) is 2. The van der Waals surface area contributed by atoms with Crippen LogP contribution in [0.5, 0.6) is 0 Å². The van der Waals surface area contributed by atoms with Crippen molar-refractivity contribution >= 4 is 11.6 Å². The molecule has 1 aromatic rings. The third-order valence-electron chi connectivity index (χ3n) is 2.62. The van der Waals surface area contributed by atoms with Crippen molar-refractivity contribution in [2.24, 2.45) is 13.0 Å². The smallest absolute Gasteiger partial charge is 0.0724 e. The molecule has 1 aliphatic carbocycles. The molecular weight excluding hydrogens is 186 g/mol. The lowest BCUT2D eigenvalue weighted by atomic mass is 10.1. The van der Waals surface area contributed by atoms with Crippen LogP contribution in [0.15, 0.2) is 6.20 Å². The van der Waals surface area contributed by atoms with Crippen molar-refractivity contribution < 1.29 is 0 Å². The van der Waals surface area contributed by atoms with Crippen molar-refractivity contribution in [1.82, 2.24) is 15.0 Å². The Bertz CT molecular complexity index is 280. The third kappa shape index (κ3) is 2.21. The largest absolute Gasteiger partial charge is 0.252 e. The van der Waals surface area contributed by atoms with Crippen molar-refractivity contribution in [3.05, 3.63) is 11.9 Å². The Morgan fingerprint density at radius 2 is 2.46 bits per heavy atom. The van der Waals surface area contributed by atoms with E-state index >= 15 is 0 Å². The van der Waals surface area contributed by atoms with E-state index in [1.54, 1.807) is 0 Å². The van der Waals surface area contributed by atoms with E-state index in [9.17, 15) is 0 Å². The van der Waals surface area contributed by atoms with Gasteiger partial charge in [-0.05, 0) is 31.6 Å². The van der Waals surface area contributed by atoms with Gasteiger partial charge in [-0.15, -0.1) is 16.7 Å². The molecular formula is C9H14ClN3. The van der Waals surface area contributed by atoms with Gasteiger partial charge in [-0.3, -0.25) is 4.68 Å². The molecule has 0 radical (unpaired) electrons. The zero-order valence-electron chi connectivity index (χ0n) is 7.78. The summed E-state index contributed by atoms with van der Waals surface area (Å²) >= 11 is 6.20. The number of aromatic nitrogens is 3. The molecule has 1 saturated carbocycles. The molecule has 13 heavy (non-hydrogen) atoms. The van der Waals surface area contributed by atoms with Crippen molar-refractivity contribution in [2.75, 3.05) is 0 Å². The number of nitrogens with zero attached hydrogens (tertiary/aromatic N) is 3. The van der Waals surface area contributed by atoms with E-state index in [1.165, 1.54) is 18.5 Å². The summed E-state index contributed by atoms with van der Waals surface area (Å²) in [6.45, 7) is 0. The normalized spacial score (nSPS) is 18.9. The highest BCUT2D eigenvalue weighted by Gasteiger charge is 2.29. The third-order valence-corrected chi connectivity index (χ3v) is 3.19. The molecule has 3 nitrogen and oxygen atoms in total. The number of rotatable bonds is 4. The molecule has 0 saturated heterocycles. The van der Waals surface area contributed by atoms with Gasteiger partial charge >= 0.3 is 0 Å². The van der Waals surface area contributed by atoms with Crippen molar-refractivity contribution in [3.8, 4) is 0 Å². The minimum absolute atomic E-state index is 0.356. The van der Waals surface area contributed by atoms with Gasteiger partial charge in [-0.2, -0.15) is 0 Å². The number of aryl methyl sites for hydroxylation is 2. The fraction of sp³-hybridized carbons (Fsp3) is 0.778. The van der Waals surface area contributed by atoms with Crippen molar-refractivity contribution in [3.63, 3.8) is 0 Å². The maximum Gasteiger partial charge on any atom is 0.0724 e. The summed E-state index contributed by atoms with van der Waals surface area (Å²) in [6, 6.07) is 0. The lowest BCUT2D eigenvalue weighted by Crippen LogP contribution is -2.05. The number of alkyl halides is 1. The summed E-state index contributed by atoms with van der Waals surface area (Å²) < 4.78 is 1.82. The standard InChI is InChI=1S/C9H14ClN3/c1-13-8(6-11-12-13)4-5-9(10)7-2-3-7/h6-7,9H,2-5H2,1H3. The first kappa shape index (κ1) is 9.00. The molecule has 2 rings (SSSR count). The predicted octanol–water partition coefficient (Wildman–Crippen LogP) is 1.77. The molecule has 1 fully saturated rings. The van der Waals surface area contributed by atoms with Crippen molar-refractivity contribution in [2.45, 2.75) is 31.1 Å². The van der Waals surface area contributed by atoms with E-state index < -0.39 is 0 Å². The van der Waals surface area contributed by atoms with Gasteiger partial charge in [0.25, 0.3) is 0 Å². The molecule has 1 unspecified atom stereocenters. The van der Waals surface area contributed by atoms with Gasteiger partial charge < -0.3 is 0 Å². The van der Waals surface area contributed by atoms with Gasteiger partial charge in [-0.25, -0.2) is 0 Å². The maximum atomic E-state index is 6.20. The first-order valence-electron chi connectivity index (χ1n) is 4.75. The van der Waals surface area contributed by atoms with Crippen LogP contribution in [0.4, 0.5) is 0 Å². The van der Waals surface area contributed by atoms with Gasteiger partial charge in [-0.1, -0.05) is 5.21 Å². The highest BCUT2D eigenvalue weighted by molar-refractivity contribution is 6.20. The average molecular weight is 200 g/mol. The molecule has 0 spiro atoms. The lowest BCUT2D eigenvalue weighted by Gasteiger charge is -2.06. The fourth-order valence-corrected chi connectivity index (χ4v) is 1.88. The quantitative estimate of drug-likeness (QED) is 0.692. The summed E-state index contributed by atoms with van der Waals surface area (Å²) in [6.07, 6.45) is 6.49. The van der Waals surface area contributed by atoms with E-state index in [0.29, 0.717) is 5.38 Å². The highest BCUT2D eigenvalue weighted by atomic mass is 35.5. The van der Waals surface area contributed by atoms with Gasteiger partial charge in [0.2, 0.25) is 0 Å². The molecule has 1 heterocycles. The molecule has 1 aromatic heterocycles. The van der Waals surface area contributed by atoms with E-state index in [0.717, 1.165) is 18.8 Å². The van der Waals surface area contributed by atoms with E-state index in [-0.39, 0.29) is 0 Å². The Morgan fingerprint density at radius 1 is 1.69 bits per heavy atom. The predicted molar refractivity (Wildman–Crippen MR) is 51.7 cm³/mol. The fourth-order valence-electron chi connectivity index (χ4n) is 1.52. The van der Waals surface area contributed by atoms with E-state index in [2.05, 4.69) is 10.3 Å².